The minimum Gasteiger partial charge on any atom is -0.377 e. The molecule has 0 aliphatic carbocycles. The molecule has 2 aromatic carbocycles. The lowest BCUT2D eigenvalue weighted by Crippen LogP contribution is -2.35. The van der Waals surface area contributed by atoms with Crippen molar-refractivity contribution in [3.8, 4) is 0 Å². The van der Waals surface area contributed by atoms with Crippen molar-refractivity contribution in [1.82, 2.24) is 4.90 Å². The first kappa shape index (κ1) is 21.0. The summed E-state index contributed by atoms with van der Waals surface area (Å²) in [6, 6.07) is 10.8. The highest BCUT2D eigenvalue weighted by atomic mass is 35.5. The largest absolute Gasteiger partial charge is 0.377 e. The molecule has 1 heterocycles. The van der Waals surface area contributed by atoms with Gasteiger partial charge in [-0.25, -0.2) is 4.39 Å². The molecule has 0 unspecified atom stereocenters. The van der Waals surface area contributed by atoms with Crippen LogP contribution >= 0.6 is 11.6 Å². The Balaban J connectivity index is 1.99. The van der Waals surface area contributed by atoms with Crippen molar-refractivity contribution >= 4 is 34.7 Å². The van der Waals surface area contributed by atoms with Crippen LogP contribution in [0.15, 0.2) is 48.2 Å². The fraction of sp³-hybridized carbons (Fsp3) is 0.273. The van der Waals surface area contributed by atoms with Gasteiger partial charge in [-0.1, -0.05) is 29.8 Å². The monoisotopic (exact) mass is 416 g/mol. The molecule has 1 aliphatic rings. The highest BCUT2D eigenvalue weighted by Gasteiger charge is 2.39. The van der Waals surface area contributed by atoms with Crippen LogP contribution in [0.5, 0.6) is 0 Å². The van der Waals surface area contributed by atoms with Gasteiger partial charge in [0.05, 0.1) is 24.8 Å². The summed E-state index contributed by atoms with van der Waals surface area (Å²) >= 11 is 6.19. The van der Waals surface area contributed by atoms with Crippen molar-refractivity contribution in [2.45, 2.75) is 26.9 Å². The Bertz CT molecular complexity index is 971. The third kappa shape index (κ3) is 4.49. The van der Waals surface area contributed by atoms with E-state index in [1.165, 1.54) is 24.3 Å². The number of amides is 2. The molecule has 0 fully saturated rings. The lowest BCUT2D eigenvalue weighted by atomic mass is 10.0. The number of carbonyl (C=O) groups is 2. The topological polar surface area (TPSA) is 58.6 Å². The van der Waals surface area contributed by atoms with Gasteiger partial charge >= 0.3 is 0 Å². The van der Waals surface area contributed by atoms with Crippen LogP contribution in [-0.4, -0.2) is 36.0 Å². The lowest BCUT2D eigenvalue weighted by Gasteiger charge is -2.17. The van der Waals surface area contributed by atoms with Gasteiger partial charge in [0.1, 0.15) is 11.5 Å². The summed E-state index contributed by atoms with van der Waals surface area (Å²) in [6.07, 6.45) is -0.0148. The zero-order valence-electron chi connectivity index (χ0n) is 16.5. The van der Waals surface area contributed by atoms with Crippen molar-refractivity contribution in [2.75, 3.05) is 18.5 Å². The molecule has 0 saturated carbocycles. The number of carbonyl (C=O) groups excluding carboxylic acids is 2. The van der Waals surface area contributed by atoms with E-state index in [9.17, 15) is 14.0 Å². The Hall–Kier alpha value is -2.70. The molecule has 5 nitrogen and oxygen atoms in total. The van der Waals surface area contributed by atoms with E-state index < -0.39 is 17.6 Å². The van der Waals surface area contributed by atoms with Gasteiger partial charge in [0, 0.05) is 10.7 Å². The Morgan fingerprint density at radius 2 is 1.79 bits per heavy atom. The number of benzene rings is 2. The summed E-state index contributed by atoms with van der Waals surface area (Å²) < 4.78 is 18.9. The molecule has 0 atom stereocenters. The van der Waals surface area contributed by atoms with Crippen molar-refractivity contribution in [3.05, 3.63) is 70.1 Å². The van der Waals surface area contributed by atoms with Crippen LogP contribution in [-0.2, 0) is 14.3 Å². The van der Waals surface area contributed by atoms with E-state index in [1.807, 2.05) is 20.8 Å². The van der Waals surface area contributed by atoms with Crippen molar-refractivity contribution in [3.63, 3.8) is 0 Å². The van der Waals surface area contributed by atoms with Gasteiger partial charge in [0.15, 0.2) is 0 Å². The van der Waals surface area contributed by atoms with Gasteiger partial charge < -0.3 is 10.1 Å². The molecule has 152 valence electrons. The maximum absolute atomic E-state index is 13.4. The van der Waals surface area contributed by atoms with Gasteiger partial charge in [-0.3, -0.25) is 14.5 Å². The van der Waals surface area contributed by atoms with E-state index in [-0.39, 0.29) is 30.5 Å². The van der Waals surface area contributed by atoms with Gasteiger partial charge in [-0.2, -0.15) is 0 Å². The number of rotatable bonds is 7. The van der Waals surface area contributed by atoms with Crippen LogP contribution in [0, 0.1) is 12.7 Å². The number of hydrogen-bond donors (Lipinski definition) is 1. The minimum absolute atomic E-state index is 0.0148. The molecule has 0 spiro atoms. The molecule has 1 aliphatic heterocycles. The van der Waals surface area contributed by atoms with Gasteiger partial charge in [0.2, 0.25) is 0 Å². The molecular weight excluding hydrogens is 395 g/mol. The van der Waals surface area contributed by atoms with Gasteiger partial charge in [-0.15, -0.1) is 0 Å². The second kappa shape index (κ2) is 8.76. The molecule has 0 aromatic heterocycles. The number of nitrogens with zero attached hydrogens (tertiary/aromatic N) is 1. The summed E-state index contributed by atoms with van der Waals surface area (Å²) in [6.45, 7) is 5.93. The fourth-order valence-corrected chi connectivity index (χ4v) is 3.21. The first-order valence-corrected chi connectivity index (χ1v) is 9.67. The second-order valence-electron chi connectivity index (χ2n) is 6.98. The van der Waals surface area contributed by atoms with Crippen molar-refractivity contribution in [1.29, 1.82) is 0 Å². The summed E-state index contributed by atoms with van der Waals surface area (Å²) in [5.41, 5.74) is 2.16. The predicted molar refractivity (Wildman–Crippen MR) is 111 cm³/mol. The third-order valence-electron chi connectivity index (χ3n) is 4.59. The number of imide groups is 1. The standard InChI is InChI=1S/C22H22ClFN2O3/c1-13(2)29-12-11-26-21(27)19(15-7-9-16(24)10-8-15)20(22(26)28)25-18-6-4-5-17(23)14(18)3/h4-10,13,25H,11-12H2,1-3H3. The van der Waals surface area contributed by atoms with E-state index in [0.717, 1.165) is 10.5 Å². The zero-order chi connectivity index (χ0) is 21.1. The van der Waals surface area contributed by atoms with Gasteiger partial charge in [-0.05, 0) is 56.2 Å². The first-order chi connectivity index (χ1) is 13.8. The average molecular weight is 417 g/mol. The molecule has 0 saturated heterocycles. The number of ether oxygens (including phenoxy) is 1. The normalized spacial score (nSPS) is 14.3. The van der Waals surface area contributed by atoms with E-state index in [0.29, 0.717) is 16.3 Å². The van der Waals surface area contributed by atoms with E-state index in [4.69, 9.17) is 16.3 Å². The Morgan fingerprint density at radius 1 is 1.10 bits per heavy atom. The van der Waals surface area contributed by atoms with Crippen LogP contribution in [0.1, 0.15) is 25.0 Å². The van der Waals surface area contributed by atoms with E-state index in [1.54, 1.807) is 18.2 Å². The van der Waals surface area contributed by atoms with E-state index >= 15 is 0 Å². The predicted octanol–water partition coefficient (Wildman–Crippen LogP) is 4.40. The molecule has 1 N–H and O–H groups in total. The molecule has 3 rings (SSSR count). The van der Waals surface area contributed by atoms with Crippen LogP contribution < -0.4 is 5.32 Å². The van der Waals surface area contributed by atoms with Crippen LogP contribution in [0.25, 0.3) is 5.57 Å². The Kier molecular flexibility index (Phi) is 6.35. The average Bonchev–Trinajstić information content (AvgIpc) is 2.90. The van der Waals surface area contributed by atoms with Gasteiger partial charge in [0.25, 0.3) is 11.8 Å². The maximum Gasteiger partial charge on any atom is 0.278 e. The number of nitrogens with one attached hydrogen (secondary N) is 1. The molecule has 7 heteroatoms. The highest BCUT2D eigenvalue weighted by Crippen LogP contribution is 2.32. The number of anilines is 1. The maximum atomic E-state index is 13.4. The van der Waals surface area contributed by atoms with E-state index in [2.05, 4.69) is 5.32 Å². The second-order valence-corrected chi connectivity index (χ2v) is 7.38. The molecular formula is C22H22ClFN2O3. The molecule has 2 amide bonds. The Labute approximate surface area is 174 Å². The molecule has 29 heavy (non-hydrogen) atoms. The van der Waals surface area contributed by atoms with Crippen molar-refractivity contribution < 1.29 is 18.7 Å². The quantitative estimate of drug-likeness (QED) is 0.679. The molecule has 2 aromatic rings. The SMILES string of the molecule is Cc1c(Cl)cccc1NC1=C(c2ccc(F)cc2)C(=O)N(CCOC(C)C)C1=O. The summed E-state index contributed by atoms with van der Waals surface area (Å²) in [5.74, 6) is -1.33. The highest BCUT2D eigenvalue weighted by molar-refractivity contribution is 6.36. The summed E-state index contributed by atoms with van der Waals surface area (Å²) in [5, 5.41) is 3.61. The van der Waals surface area contributed by atoms with Crippen LogP contribution in [0.3, 0.4) is 0 Å². The van der Waals surface area contributed by atoms with Crippen LogP contribution in [0.2, 0.25) is 5.02 Å². The zero-order valence-corrected chi connectivity index (χ0v) is 17.2. The first-order valence-electron chi connectivity index (χ1n) is 9.29. The number of halogens is 2. The smallest absolute Gasteiger partial charge is 0.278 e. The minimum atomic E-state index is -0.457. The van der Waals surface area contributed by atoms with Crippen LogP contribution in [0.4, 0.5) is 10.1 Å². The Morgan fingerprint density at radius 3 is 2.45 bits per heavy atom. The third-order valence-corrected chi connectivity index (χ3v) is 5.00. The number of hydrogen-bond acceptors (Lipinski definition) is 4. The molecule has 0 radical (unpaired) electrons. The summed E-state index contributed by atoms with van der Waals surface area (Å²) in [7, 11) is 0. The lowest BCUT2D eigenvalue weighted by molar-refractivity contribution is -0.137. The molecule has 0 bridgehead atoms. The fourth-order valence-electron chi connectivity index (χ4n) is 3.04. The van der Waals surface area contributed by atoms with Crippen molar-refractivity contribution in [2.24, 2.45) is 0 Å². The summed E-state index contributed by atoms with van der Waals surface area (Å²) in [4.78, 5) is 27.3.